The highest BCUT2D eigenvalue weighted by molar-refractivity contribution is 7.89. The van der Waals surface area contributed by atoms with Gasteiger partial charge in [0.05, 0.1) is 4.90 Å². The quantitative estimate of drug-likeness (QED) is 0.496. The van der Waals surface area contributed by atoms with Gasteiger partial charge >= 0.3 is 0 Å². The molecule has 1 aliphatic rings. The van der Waals surface area contributed by atoms with E-state index in [0.717, 1.165) is 24.1 Å². The van der Waals surface area contributed by atoms with Crippen LogP contribution in [0.1, 0.15) is 25.3 Å². The smallest absolute Gasteiger partial charge is 0.200 e. The Morgan fingerprint density at radius 1 is 1.41 bits per heavy atom. The highest BCUT2D eigenvalue weighted by Crippen LogP contribution is 2.29. The summed E-state index contributed by atoms with van der Waals surface area (Å²) in [5.74, 6) is 0.768. The molecule has 0 aliphatic heterocycles. The molecule has 0 saturated carbocycles. The molecule has 0 unspecified atom stereocenters. The number of nitrogens with one attached hydrogen (secondary N) is 1. The molecule has 1 aliphatic carbocycles. The van der Waals surface area contributed by atoms with Crippen LogP contribution < -0.4 is 4.83 Å². The van der Waals surface area contributed by atoms with Crippen LogP contribution in [-0.2, 0) is 10.0 Å². The molecule has 0 heterocycles. The van der Waals surface area contributed by atoms with Crippen molar-refractivity contribution in [2.24, 2.45) is 16.9 Å². The number of allylic oxidation sites excluding steroid dienone is 3. The minimum atomic E-state index is -3.60. The van der Waals surface area contributed by atoms with E-state index in [-0.39, 0.29) is 4.90 Å². The van der Waals surface area contributed by atoms with Crippen LogP contribution in [0.2, 0.25) is 0 Å². The average molecular weight is 318 g/mol. The molecule has 22 heavy (non-hydrogen) atoms. The number of rotatable bonds is 6. The number of sulfonamides is 1. The Morgan fingerprint density at radius 3 is 2.73 bits per heavy atom. The number of hydrogen-bond donors (Lipinski definition) is 1. The first-order valence-corrected chi connectivity index (χ1v) is 8.81. The SMILES string of the molecule is C=C[C@@H]1CC=C[C@@H]1C/C(C)=N\NS(=O)(=O)c1ccc(C)cc1. The minimum Gasteiger partial charge on any atom is -0.200 e. The van der Waals surface area contributed by atoms with Gasteiger partial charge in [0.25, 0.3) is 10.0 Å². The predicted octanol–water partition coefficient (Wildman–Crippen LogP) is 3.42. The zero-order valence-electron chi connectivity index (χ0n) is 13.0. The van der Waals surface area contributed by atoms with Crippen LogP contribution in [0.15, 0.2) is 59.1 Å². The first-order chi connectivity index (χ1) is 10.4. The van der Waals surface area contributed by atoms with Crippen molar-refractivity contribution in [1.82, 2.24) is 4.83 Å². The third kappa shape index (κ3) is 4.07. The van der Waals surface area contributed by atoms with Crippen molar-refractivity contribution in [2.45, 2.75) is 31.6 Å². The van der Waals surface area contributed by atoms with Crippen molar-refractivity contribution in [1.29, 1.82) is 0 Å². The number of benzene rings is 1. The fraction of sp³-hybridized carbons (Fsp3) is 0.353. The van der Waals surface area contributed by atoms with Gasteiger partial charge in [-0.1, -0.05) is 35.9 Å². The third-order valence-corrected chi connectivity index (χ3v) is 5.09. The maximum atomic E-state index is 12.2. The van der Waals surface area contributed by atoms with Crippen molar-refractivity contribution in [2.75, 3.05) is 0 Å². The second kappa shape index (κ2) is 6.92. The minimum absolute atomic E-state index is 0.222. The lowest BCUT2D eigenvalue weighted by molar-refractivity contribution is 0.526. The van der Waals surface area contributed by atoms with Crippen LogP contribution in [0, 0.1) is 18.8 Å². The topological polar surface area (TPSA) is 58.5 Å². The fourth-order valence-corrected chi connectivity index (χ4v) is 3.39. The van der Waals surface area contributed by atoms with Crippen molar-refractivity contribution >= 4 is 15.7 Å². The van der Waals surface area contributed by atoms with E-state index in [9.17, 15) is 8.42 Å². The summed E-state index contributed by atoms with van der Waals surface area (Å²) in [5, 5.41) is 4.04. The van der Waals surface area contributed by atoms with Crippen LogP contribution in [-0.4, -0.2) is 14.1 Å². The maximum absolute atomic E-state index is 12.2. The molecule has 1 aromatic carbocycles. The predicted molar refractivity (Wildman–Crippen MR) is 90.2 cm³/mol. The molecule has 0 fully saturated rings. The summed E-state index contributed by atoms with van der Waals surface area (Å²) >= 11 is 0. The van der Waals surface area contributed by atoms with Crippen molar-refractivity contribution in [3.05, 3.63) is 54.6 Å². The molecule has 2 rings (SSSR count). The summed E-state index contributed by atoms with van der Waals surface area (Å²) in [6.45, 7) is 7.59. The number of nitrogens with zero attached hydrogens (tertiary/aromatic N) is 1. The van der Waals surface area contributed by atoms with E-state index in [4.69, 9.17) is 0 Å². The standard InChI is InChI=1S/C17H22N2O2S/c1-4-15-6-5-7-16(15)12-14(3)18-19-22(20,21)17-10-8-13(2)9-11-17/h4-5,7-11,15-16,19H,1,6,12H2,2-3H3/b18-14-/t15-,16-/m1/s1. The van der Waals surface area contributed by atoms with Crippen LogP contribution in [0.25, 0.3) is 0 Å². The summed E-state index contributed by atoms with van der Waals surface area (Å²) in [6.07, 6.45) is 7.97. The summed E-state index contributed by atoms with van der Waals surface area (Å²) in [4.78, 5) is 2.53. The Bertz CT molecular complexity index is 688. The van der Waals surface area contributed by atoms with E-state index in [0.29, 0.717) is 11.8 Å². The Hall–Kier alpha value is -1.88. The Balaban J connectivity index is 2.02. The van der Waals surface area contributed by atoms with Crippen LogP contribution in [0.4, 0.5) is 0 Å². The lowest BCUT2D eigenvalue weighted by Crippen LogP contribution is -2.20. The van der Waals surface area contributed by atoms with Gasteiger partial charge in [-0.2, -0.15) is 13.5 Å². The molecule has 5 heteroatoms. The molecule has 4 nitrogen and oxygen atoms in total. The molecule has 1 aromatic rings. The van der Waals surface area contributed by atoms with Gasteiger partial charge in [0.2, 0.25) is 0 Å². The summed E-state index contributed by atoms with van der Waals surface area (Å²) in [5.41, 5.74) is 1.78. The van der Waals surface area contributed by atoms with Gasteiger partial charge in [0, 0.05) is 5.71 Å². The van der Waals surface area contributed by atoms with Gasteiger partial charge in [0.15, 0.2) is 0 Å². The molecule has 0 bridgehead atoms. The van der Waals surface area contributed by atoms with E-state index in [2.05, 4.69) is 28.7 Å². The van der Waals surface area contributed by atoms with Gasteiger partial charge in [-0.3, -0.25) is 0 Å². The van der Waals surface area contributed by atoms with Gasteiger partial charge in [0.1, 0.15) is 0 Å². The normalized spacial score (nSPS) is 21.8. The van der Waals surface area contributed by atoms with E-state index < -0.39 is 10.0 Å². The van der Waals surface area contributed by atoms with E-state index in [1.54, 1.807) is 24.3 Å². The van der Waals surface area contributed by atoms with Crippen LogP contribution >= 0.6 is 0 Å². The molecule has 0 radical (unpaired) electrons. The first kappa shape index (κ1) is 16.5. The number of hydrogen-bond acceptors (Lipinski definition) is 3. The monoisotopic (exact) mass is 318 g/mol. The van der Waals surface area contributed by atoms with Crippen LogP contribution in [0.5, 0.6) is 0 Å². The molecular formula is C17H22N2O2S. The highest BCUT2D eigenvalue weighted by Gasteiger charge is 2.20. The van der Waals surface area contributed by atoms with Gasteiger partial charge in [-0.05, 0) is 50.7 Å². The molecular weight excluding hydrogens is 296 g/mol. The Kier molecular flexibility index (Phi) is 5.19. The van der Waals surface area contributed by atoms with E-state index in [1.807, 2.05) is 19.9 Å². The lowest BCUT2D eigenvalue weighted by atomic mass is 9.91. The summed E-state index contributed by atoms with van der Waals surface area (Å²) in [7, 11) is -3.60. The summed E-state index contributed by atoms with van der Waals surface area (Å²) < 4.78 is 24.3. The molecule has 1 N–H and O–H groups in total. The molecule has 118 valence electrons. The highest BCUT2D eigenvalue weighted by atomic mass is 32.2. The number of aryl methyl sites for hydroxylation is 1. The van der Waals surface area contributed by atoms with E-state index >= 15 is 0 Å². The van der Waals surface area contributed by atoms with Crippen molar-refractivity contribution in [3.63, 3.8) is 0 Å². The molecule has 0 amide bonds. The lowest BCUT2D eigenvalue weighted by Gasteiger charge is -2.15. The average Bonchev–Trinajstić information content (AvgIpc) is 2.93. The maximum Gasteiger partial charge on any atom is 0.276 e. The fourth-order valence-electron chi connectivity index (χ4n) is 2.51. The Morgan fingerprint density at radius 2 is 2.09 bits per heavy atom. The third-order valence-electron chi connectivity index (χ3n) is 3.86. The van der Waals surface area contributed by atoms with Crippen LogP contribution in [0.3, 0.4) is 0 Å². The second-order valence-corrected chi connectivity index (χ2v) is 7.35. The molecule has 0 spiro atoms. The van der Waals surface area contributed by atoms with Gasteiger partial charge in [-0.15, -0.1) is 6.58 Å². The second-order valence-electron chi connectivity index (χ2n) is 5.69. The van der Waals surface area contributed by atoms with Crippen molar-refractivity contribution < 1.29 is 8.42 Å². The van der Waals surface area contributed by atoms with Gasteiger partial charge in [-0.25, -0.2) is 4.83 Å². The number of hydrazone groups is 1. The molecule has 0 saturated heterocycles. The zero-order valence-corrected chi connectivity index (χ0v) is 13.8. The first-order valence-electron chi connectivity index (χ1n) is 7.33. The summed E-state index contributed by atoms with van der Waals surface area (Å²) in [6, 6.07) is 6.69. The molecule has 2 atom stereocenters. The zero-order chi connectivity index (χ0) is 16.2. The van der Waals surface area contributed by atoms with Gasteiger partial charge < -0.3 is 0 Å². The Labute approximate surface area is 132 Å². The molecule has 0 aromatic heterocycles. The largest absolute Gasteiger partial charge is 0.276 e. The van der Waals surface area contributed by atoms with E-state index in [1.165, 1.54) is 0 Å². The van der Waals surface area contributed by atoms with Crippen molar-refractivity contribution in [3.8, 4) is 0 Å².